The molecule has 0 bridgehead atoms. The van der Waals surface area contributed by atoms with Crippen molar-refractivity contribution >= 4 is 28.7 Å². The van der Waals surface area contributed by atoms with Crippen molar-refractivity contribution in [3.63, 3.8) is 0 Å². The fourth-order valence-corrected chi connectivity index (χ4v) is 5.23. The van der Waals surface area contributed by atoms with Gasteiger partial charge in [0, 0.05) is 36.5 Å². The van der Waals surface area contributed by atoms with Gasteiger partial charge in [-0.2, -0.15) is 0 Å². The summed E-state index contributed by atoms with van der Waals surface area (Å²) in [5.74, 6) is -0.0244. The number of alkyl carbamates (subject to hydrolysis) is 1. The Kier molecular flexibility index (Phi) is 6.37. The van der Waals surface area contributed by atoms with Gasteiger partial charge in [0.25, 0.3) is 4.92 Å². The smallest absolute Gasteiger partial charge is 0.413 e. The largest absolute Gasteiger partial charge is 0.444 e. The number of nitrogens with one attached hydrogen (secondary N) is 1. The van der Waals surface area contributed by atoms with Crippen LogP contribution in [0, 0.1) is 16.6 Å². The lowest BCUT2D eigenvalue weighted by molar-refractivity contribution is -0.736. The predicted molar refractivity (Wildman–Crippen MR) is 111 cm³/mol. The number of carbonyl (C=O) groups is 1. The lowest BCUT2D eigenvalue weighted by Gasteiger charge is -2.38. The molecule has 30 heavy (non-hydrogen) atoms. The molecule has 8 nitrogen and oxygen atoms in total. The van der Waals surface area contributed by atoms with Crippen molar-refractivity contribution in [1.82, 2.24) is 5.32 Å². The summed E-state index contributed by atoms with van der Waals surface area (Å²) in [7, 11) is 2.87. The van der Waals surface area contributed by atoms with E-state index in [1.165, 1.54) is 37.1 Å². The SMILES string of the molecule is CO[C@@H]1CC[C@]2(c3cc([N+](=O)OC)ccc3F)N=C(NC(=O)OC(C)(C)C)SC[C@H]12. The molecule has 1 saturated carbocycles. The highest BCUT2D eigenvalue weighted by molar-refractivity contribution is 8.13. The van der Waals surface area contributed by atoms with Gasteiger partial charge in [0.05, 0.1) is 16.5 Å². The average Bonchev–Trinajstić information content (AvgIpc) is 3.05. The molecule has 1 aromatic rings. The van der Waals surface area contributed by atoms with E-state index >= 15 is 4.39 Å². The van der Waals surface area contributed by atoms with Crippen LogP contribution in [0.2, 0.25) is 0 Å². The number of thioether (sulfide) groups is 1. The first-order chi connectivity index (χ1) is 14.1. The van der Waals surface area contributed by atoms with Gasteiger partial charge in [0.15, 0.2) is 12.3 Å². The first kappa shape index (κ1) is 22.5. The second-order valence-corrected chi connectivity index (χ2v) is 9.31. The molecule has 0 radical (unpaired) electrons. The van der Waals surface area contributed by atoms with Crippen LogP contribution in [0.3, 0.4) is 0 Å². The number of hydrogen-bond acceptors (Lipinski definition) is 7. The van der Waals surface area contributed by atoms with Crippen molar-refractivity contribution in [2.24, 2.45) is 10.9 Å². The van der Waals surface area contributed by atoms with Crippen molar-refractivity contribution in [2.45, 2.75) is 50.9 Å². The monoisotopic (exact) mass is 440 g/mol. The molecule has 3 atom stereocenters. The molecular formula is C20H27FN3O5S+. The number of ether oxygens (including phenoxy) is 2. The van der Waals surface area contributed by atoms with E-state index in [-0.39, 0.29) is 23.3 Å². The lowest BCUT2D eigenvalue weighted by Crippen LogP contribution is -2.44. The Morgan fingerprint density at radius 1 is 1.37 bits per heavy atom. The van der Waals surface area contributed by atoms with Crippen molar-refractivity contribution in [2.75, 3.05) is 20.0 Å². The van der Waals surface area contributed by atoms with Crippen LogP contribution in [0.5, 0.6) is 0 Å². The topological polar surface area (TPSA) is 89.2 Å². The highest BCUT2D eigenvalue weighted by atomic mass is 32.2. The van der Waals surface area contributed by atoms with Gasteiger partial charge in [0.2, 0.25) is 0 Å². The van der Waals surface area contributed by atoms with Crippen LogP contribution in [0.1, 0.15) is 39.2 Å². The number of benzene rings is 1. The number of methoxy groups -OCH3 is 1. The molecular weight excluding hydrogens is 413 g/mol. The zero-order valence-electron chi connectivity index (χ0n) is 17.7. The summed E-state index contributed by atoms with van der Waals surface area (Å²) >= 11 is 1.37. The zero-order chi connectivity index (χ0) is 22.1. The van der Waals surface area contributed by atoms with Gasteiger partial charge >= 0.3 is 11.8 Å². The fraction of sp³-hybridized carbons (Fsp3) is 0.600. The maximum atomic E-state index is 15.0. The predicted octanol–water partition coefficient (Wildman–Crippen LogP) is 4.05. The quantitative estimate of drug-likeness (QED) is 0.711. The van der Waals surface area contributed by atoms with Gasteiger partial charge in [-0.25, -0.2) is 14.0 Å². The van der Waals surface area contributed by atoms with E-state index in [1.54, 1.807) is 27.9 Å². The number of rotatable bonds is 4. The molecule has 2 aliphatic rings. The third-order valence-electron chi connectivity index (χ3n) is 5.28. The molecule has 1 aliphatic heterocycles. The molecule has 1 aliphatic carbocycles. The average molecular weight is 441 g/mol. The van der Waals surface area contributed by atoms with Crippen molar-refractivity contribution in [3.8, 4) is 0 Å². The van der Waals surface area contributed by atoms with Crippen LogP contribution in [0.4, 0.5) is 14.9 Å². The highest BCUT2D eigenvalue weighted by Gasteiger charge is 2.54. The van der Waals surface area contributed by atoms with Crippen LogP contribution in [0.15, 0.2) is 23.2 Å². The summed E-state index contributed by atoms with van der Waals surface area (Å²) in [6, 6.07) is 4.05. The van der Waals surface area contributed by atoms with E-state index in [4.69, 9.17) is 19.3 Å². The summed E-state index contributed by atoms with van der Waals surface area (Å²) in [6.45, 7) is 5.31. The minimum atomic E-state index is -0.967. The normalized spacial score (nSPS) is 25.9. The Morgan fingerprint density at radius 3 is 2.73 bits per heavy atom. The molecule has 1 N–H and O–H groups in total. The molecule has 0 unspecified atom stereocenters. The lowest BCUT2D eigenvalue weighted by atomic mass is 9.80. The number of aliphatic imine (C=N–C) groups is 1. The van der Waals surface area contributed by atoms with Gasteiger partial charge in [-0.3, -0.25) is 10.3 Å². The molecule has 1 amide bonds. The van der Waals surface area contributed by atoms with Gasteiger partial charge in [0.1, 0.15) is 11.4 Å². The molecule has 0 saturated heterocycles. The third kappa shape index (κ3) is 4.44. The Balaban J connectivity index is 2.03. The summed E-state index contributed by atoms with van der Waals surface area (Å²) in [4.78, 5) is 34.0. The number of nitrogens with zero attached hydrogens (tertiary/aromatic N) is 2. The molecule has 1 fully saturated rings. The summed E-state index contributed by atoms with van der Waals surface area (Å²) in [5.41, 5.74) is -1.17. The zero-order valence-corrected chi connectivity index (χ0v) is 18.5. The van der Waals surface area contributed by atoms with E-state index in [2.05, 4.69) is 5.32 Å². The first-order valence-electron chi connectivity index (χ1n) is 9.66. The number of halogens is 1. The Labute approximate surface area is 179 Å². The minimum Gasteiger partial charge on any atom is -0.444 e. The molecule has 1 aromatic carbocycles. The number of fused-ring (bicyclic) bond motifs is 1. The van der Waals surface area contributed by atoms with Crippen molar-refractivity contribution < 1.29 is 28.4 Å². The van der Waals surface area contributed by atoms with E-state index in [0.717, 1.165) is 0 Å². The fourth-order valence-electron chi connectivity index (χ4n) is 4.02. The molecule has 0 aromatic heterocycles. The number of hydrogen-bond donors (Lipinski definition) is 1. The molecule has 164 valence electrons. The number of amides is 1. The maximum Gasteiger partial charge on any atom is 0.413 e. The van der Waals surface area contributed by atoms with Crippen LogP contribution in [-0.2, 0) is 19.9 Å². The second kappa shape index (κ2) is 8.50. The van der Waals surface area contributed by atoms with Gasteiger partial charge in [-0.15, -0.1) is 0 Å². The summed E-state index contributed by atoms with van der Waals surface area (Å²) in [5, 5.41) is 3.03. The minimum absolute atomic E-state index is 0.113. The molecule has 1 heterocycles. The van der Waals surface area contributed by atoms with Crippen LogP contribution < -0.4 is 5.32 Å². The number of amidine groups is 1. The van der Waals surface area contributed by atoms with Crippen LogP contribution >= 0.6 is 11.8 Å². The second-order valence-electron chi connectivity index (χ2n) is 8.30. The Bertz CT molecular complexity index is 872. The number of carbonyl (C=O) groups excluding carboxylic acids is 1. The van der Waals surface area contributed by atoms with E-state index in [9.17, 15) is 9.70 Å². The molecule has 3 rings (SSSR count). The standard InChI is InChI=1S/C20H26FN3O5S/c1-19(2,3)29-18(25)22-17-23-20(9-8-16(27-4)14(20)11-30-17)13-10-12(24(26)28-5)6-7-15(13)21/h6-7,10,14,16H,8-9,11H2,1-5H3/p+1/t14-,16-,20-/m1/s1. The molecule has 0 spiro atoms. The van der Waals surface area contributed by atoms with Gasteiger partial charge in [-0.1, -0.05) is 11.8 Å². The van der Waals surface area contributed by atoms with E-state index < -0.39 is 23.1 Å². The highest BCUT2D eigenvalue weighted by Crippen LogP contribution is 2.52. The van der Waals surface area contributed by atoms with Gasteiger partial charge in [-0.05, 0) is 39.7 Å². The van der Waals surface area contributed by atoms with Crippen LogP contribution in [0.25, 0.3) is 0 Å². The van der Waals surface area contributed by atoms with E-state index in [0.29, 0.717) is 28.7 Å². The maximum absolute atomic E-state index is 15.0. The molecule has 10 heteroatoms. The van der Waals surface area contributed by atoms with E-state index in [1.807, 2.05) is 0 Å². The Hall–Kier alpha value is -2.20. The van der Waals surface area contributed by atoms with Crippen molar-refractivity contribution in [3.05, 3.63) is 34.5 Å². The summed E-state index contributed by atoms with van der Waals surface area (Å²) in [6.07, 6.45) is 0.462. The summed E-state index contributed by atoms with van der Waals surface area (Å²) < 4.78 is 26.0. The van der Waals surface area contributed by atoms with Crippen molar-refractivity contribution in [1.29, 1.82) is 0 Å². The van der Waals surface area contributed by atoms with Crippen LogP contribution in [-0.4, -0.2) is 47.9 Å². The third-order valence-corrected chi connectivity index (χ3v) is 6.27. The first-order valence-corrected chi connectivity index (χ1v) is 10.6. The van der Waals surface area contributed by atoms with Gasteiger partial charge < -0.3 is 9.47 Å². The Morgan fingerprint density at radius 2 is 2.10 bits per heavy atom.